The minimum absolute atomic E-state index is 0.434. The van der Waals surface area contributed by atoms with Gasteiger partial charge in [-0.2, -0.15) is 0 Å². The Bertz CT molecular complexity index is 558. The molecule has 19 heavy (non-hydrogen) atoms. The summed E-state index contributed by atoms with van der Waals surface area (Å²) in [7, 11) is 3.21. The van der Waals surface area contributed by atoms with Crippen LogP contribution in [0.1, 0.15) is 5.56 Å². The van der Waals surface area contributed by atoms with E-state index in [1.54, 1.807) is 20.4 Å². The van der Waals surface area contributed by atoms with Crippen molar-refractivity contribution in [3.63, 3.8) is 0 Å². The minimum atomic E-state index is 0.434. The van der Waals surface area contributed by atoms with Gasteiger partial charge in [-0.25, -0.2) is 4.98 Å². The van der Waals surface area contributed by atoms with Crippen molar-refractivity contribution in [3.05, 3.63) is 42.1 Å². The zero-order chi connectivity index (χ0) is 13.7. The molecule has 5 nitrogen and oxygen atoms in total. The van der Waals surface area contributed by atoms with Crippen molar-refractivity contribution in [2.24, 2.45) is 5.73 Å². The molecule has 2 rings (SSSR count). The van der Waals surface area contributed by atoms with Gasteiger partial charge in [0.15, 0.2) is 11.5 Å². The molecule has 5 heteroatoms. The Kier molecular flexibility index (Phi) is 4.20. The summed E-state index contributed by atoms with van der Waals surface area (Å²) < 4.78 is 10.5. The maximum absolute atomic E-state index is 5.68. The van der Waals surface area contributed by atoms with E-state index in [1.807, 2.05) is 30.3 Å². The van der Waals surface area contributed by atoms with E-state index >= 15 is 0 Å². The van der Waals surface area contributed by atoms with Crippen LogP contribution in [0.3, 0.4) is 0 Å². The Labute approximate surface area is 112 Å². The van der Waals surface area contributed by atoms with Crippen molar-refractivity contribution >= 4 is 11.5 Å². The highest BCUT2D eigenvalue weighted by molar-refractivity contribution is 5.63. The second kappa shape index (κ2) is 6.06. The van der Waals surface area contributed by atoms with Crippen LogP contribution < -0.4 is 20.5 Å². The lowest BCUT2D eigenvalue weighted by Crippen LogP contribution is -2.03. The molecule has 1 heterocycles. The number of anilines is 2. The van der Waals surface area contributed by atoms with E-state index in [0.29, 0.717) is 18.0 Å². The van der Waals surface area contributed by atoms with Gasteiger partial charge in [0.1, 0.15) is 5.82 Å². The van der Waals surface area contributed by atoms with Gasteiger partial charge in [0, 0.05) is 30.1 Å². The molecule has 0 aliphatic heterocycles. The predicted molar refractivity (Wildman–Crippen MR) is 75.0 cm³/mol. The van der Waals surface area contributed by atoms with Crippen LogP contribution in [-0.4, -0.2) is 19.2 Å². The van der Waals surface area contributed by atoms with E-state index in [0.717, 1.165) is 17.1 Å². The molecule has 0 amide bonds. The fraction of sp³-hybridized carbons (Fsp3) is 0.214. The fourth-order valence-corrected chi connectivity index (χ4v) is 1.77. The standard InChI is InChI=1S/C14H17N3O2/c1-18-12-6-5-11(8-13(12)19-2)17-14-10(9-15)4-3-7-16-14/h3-8H,9,15H2,1-2H3,(H,16,17). The van der Waals surface area contributed by atoms with Gasteiger partial charge in [-0.05, 0) is 18.2 Å². The molecule has 0 saturated carbocycles. The first-order valence-corrected chi connectivity index (χ1v) is 5.91. The van der Waals surface area contributed by atoms with Gasteiger partial charge in [-0.3, -0.25) is 0 Å². The topological polar surface area (TPSA) is 69.4 Å². The minimum Gasteiger partial charge on any atom is -0.493 e. The molecule has 0 aliphatic carbocycles. The van der Waals surface area contributed by atoms with Gasteiger partial charge >= 0.3 is 0 Å². The summed E-state index contributed by atoms with van der Waals surface area (Å²) in [6.07, 6.45) is 1.72. The van der Waals surface area contributed by atoms with Crippen molar-refractivity contribution in [1.29, 1.82) is 0 Å². The SMILES string of the molecule is COc1ccc(Nc2ncccc2CN)cc1OC. The maximum atomic E-state index is 5.68. The summed E-state index contributed by atoms with van der Waals surface area (Å²) in [6, 6.07) is 9.40. The first kappa shape index (κ1) is 13.2. The van der Waals surface area contributed by atoms with Crippen molar-refractivity contribution < 1.29 is 9.47 Å². The number of nitrogens with zero attached hydrogens (tertiary/aromatic N) is 1. The van der Waals surface area contributed by atoms with Crippen LogP contribution in [0.25, 0.3) is 0 Å². The Balaban J connectivity index is 2.28. The number of benzene rings is 1. The highest BCUT2D eigenvalue weighted by Crippen LogP contribution is 2.31. The molecule has 0 aliphatic rings. The molecule has 1 aromatic carbocycles. The van der Waals surface area contributed by atoms with Gasteiger partial charge in [-0.15, -0.1) is 0 Å². The number of nitrogens with two attached hydrogens (primary N) is 1. The van der Waals surface area contributed by atoms with Crippen molar-refractivity contribution in [2.75, 3.05) is 19.5 Å². The van der Waals surface area contributed by atoms with Gasteiger partial charge in [0.25, 0.3) is 0 Å². The van der Waals surface area contributed by atoms with Crippen LogP contribution in [0.5, 0.6) is 11.5 Å². The average molecular weight is 259 g/mol. The van der Waals surface area contributed by atoms with E-state index < -0.39 is 0 Å². The lowest BCUT2D eigenvalue weighted by Gasteiger charge is -2.12. The molecular weight excluding hydrogens is 242 g/mol. The summed E-state index contributed by atoms with van der Waals surface area (Å²) in [5.41, 5.74) is 7.50. The number of hydrogen-bond donors (Lipinski definition) is 2. The van der Waals surface area contributed by atoms with Crippen molar-refractivity contribution in [2.45, 2.75) is 6.54 Å². The largest absolute Gasteiger partial charge is 0.493 e. The zero-order valence-corrected chi connectivity index (χ0v) is 11.0. The molecule has 0 radical (unpaired) electrons. The summed E-state index contributed by atoms with van der Waals surface area (Å²) in [4.78, 5) is 4.28. The van der Waals surface area contributed by atoms with E-state index in [-0.39, 0.29) is 0 Å². The van der Waals surface area contributed by atoms with Crippen molar-refractivity contribution in [3.8, 4) is 11.5 Å². The first-order chi connectivity index (χ1) is 9.28. The third-order valence-electron chi connectivity index (χ3n) is 2.76. The molecule has 0 unspecified atom stereocenters. The molecule has 0 bridgehead atoms. The van der Waals surface area contributed by atoms with Crippen LogP contribution in [0.2, 0.25) is 0 Å². The van der Waals surface area contributed by atoms with Crippen LogP contribution >= 0.6 is 0 Å². The number of hydrogen-bond acceptors (Lipinski definition) is 5. The van der Waals surface area contributed by atoms with Gasteiger partial charge < -0.3 is 20.5 Å². The molecule has 0 atom stereocenters. The molecule has 0 fully saturated rings. The summed E-state index contributed by atoms with van der Waals surface area (Å²) >= 11 is 0. The monoisotopic (exact) mass is 259 g/mol. The number of pyridine rings is 1. The second-order valence-corrected chi connectivity index (χ2v) is 3.91. The van der Waals surface area contributed by atoms with E-state index in [9.17, 15) is 0 Å². The molecule has 0 saturated heterocycles. The molecular formula is C14H17N3O2. The van der Waals surface area contributed by atoms with Gasteiger partial charge in [-0.1, -0.05) is 6.07 Å². The number of rotatable bonds is 5. The highest BCUT2D eigenvalue weighted by atomic mass is 16.5. The van der Waals surface area contributed by atoms with Crippen LogP contribution in [0.4, 0.5) is 11.5 Å². The van der Waals surface area contributed by atoms with Crippen LogP contribution in [0.15, 0.2) is 36.5 Å². The molecule has 100 valence electrons. The first-order valence-electron chi connectivity index (χ1n) is 5.91. The van der Waals surface area contributed by atoms with Gasteiger partial charge in [0.05, 0.1) is 14.2 Å². The summed E-state index contributed by atoms with van der Waals surface area (Å²) in [6.45, 7) is 0.434. The second-order valence-electron chi connectivity index (χ2n) is 3.91. The van der Waals surface area contributed by atoms with Crippen molar-refractivity contribution in [1.82, 2.24) is 4.98 Å². The highest BCUT2D eigenvalue weighted by Gasteiger charge is 2.06. The molecule has 0 spiro atoms. The maximum Gasteiger partial charge on any atom is 0.162 e. The van der Waals surface area contributed by atoms with E-state index in [2.05, 4.69) is 10.3 Å². The summed E-state index contributed by atoms with van der Waals surface area (Å²) in [5.74, 6) is 2.10. The number of methoxy groups -OCH3 is 2. The number of ether oxygens (including phenoxy) is 2. The van der Waals surface area contributed by atoms with E-state index in [4.69, 9.17) is 15.2 Å². The average Bonchev–Trinajstić information content (AvgIpc) is 2.47. The van der Waals surface area contributed by atoms with Crippen LogP contribution in [-0.2, 0) is 6.54 Å². The third kappa shape index (κ3) is 2.95. The quantitative estimate of drug-likeness (QED) is 0.862. The lowest BCUT2D eigenvalue weighted by molar-refractivity contribution is 0.355. The summed E-state index contributed by atoms with van der Waals surface area (Å²) in [5, 5.41) is 3.22. The normalized spacial score (nSPS) is 10.1. The Morgan fingerprint density at radius 2 is 1.95 bits per heavy atom. The Hall–Kier alpha value is -2.27. The van der Waals surface area contributed by atoms with Gasteiger partial charge in [0.2, 0.25) is 0 Å². The third-order valence-corrected chi connectivity index (χ3v) is 2.76. The fourth-order valence-electron chi connectivity index (χ4n) is 1.77. The molecule has 2 aromatic rings. The van der Waals surface area contributed by atoms with E-state index in [1.165, 1.54) is 0 Å². The van der Waals surface area contributed by atoms with Crippen LogP contribution in [0, 0.1) is 0 Å². The molecule has 3 N–H and O–H groups in total. The lowest BCUT2D eigenvalue weighted by atomic mass is 10.2. The number of nitrogens with one attached hydrogen (secondary N) is 1. The smallest absolute Gasteiger partial charge is 0.162 e. The molecule has 1 aromatic heterocycles. The predicted octanol–water partition coefficient (Wildman–Crippen LogP) is 2.30. The Morgan fingerprint density at radius 3 is 2.63 bits per heavy atom. The number of aromatic nitrogens is 1. The Morgan fingerprint density at radius 1 is 1.16 bits per heavy atom. The zero-order valence-electron chi connectivity index (χ0n) is 11.0.